The lowest BCUT2D eigenvalue weighted by Gasteiger charge is -2.35. The van der Waals surface area contributed by atoms with Crippen molar-refractivity contribution in [2.75, 3.05) is 24.4 Å². The van der Waals surface area contributed by atoms with Crippen molar-refractivity contribution in [3.63, 3.8) is 0 Å². The monoisotopic (exact) mass is 397 g/mol. The molecule has 28 heavy (non-hydrogen) atoms. The summed E-state index contributed by atoms with van der Waals surface area (Å²) < 4.78 is 29.4. The molecular weight excluding hydrogens is 368 g/mol. The number of hydrogen-bond acceptors (Lipinski definition) is 2. The summed E-state index contributed by atoms with van der Waals surface area (Å²) in [6.45, 7) is 4.11. The molecule has 0 spiro atoms. The molecule has 2 aliphatic heterocycles. The Hall–Kier alpha value is -1.85. The van der Waals surface area contributed by atoms with Gasteiger partial charge in [0.1, 0.15) is 0 Å². The van der Waals surface area contributed by atoms with E-state index in [9.17, 15) is 8.42 Å². The fourth-order valence-corrected chi connectivity index (χ4v) is 7.24. The summed E-state index contributed by atoms with van der Waals surface area (Å²) in [6.07, 6.45) is 5.34. The highest BCUT2D eigenvalue weighted by molar-refractivity contribution is 7.92. The lowest BCUT2D eigenvalue weighted by atomic mass is 9.89. The predicted molar refractivity (Wildman–Crippen MR) is 112 cm³/mol. The zero-order valence-corrected chi connectivity index (χ0v) is 17.6. The average Bonchev–Trinajstić information content (AvgIpc) is 3.01. The van der Waals surface area contributed by atoms with Crippen LogP contribution >= 0.6 is 0 Å². The van der Waals surface area contributed by atoms with Gasteiger partial charge in [-0.05, 0) is 67.5 Å². The SMILES string of the molecule is Cc1ccc2c(c1)[C@H]1C[NH+](C)CC[C@@H]1N2S(=O)(=O)c1ccc2c(c1)CCCC2. The largest absolute Gasteiger partial charge is 0.337 e. The molecule has 0 amide bonds. The lowest BCUT2D eigenvalue weighted by Crippen LogP contribution is -3.11. The highest BCUT2D eigenvalue weighted by Gasteiger charge is 2.48. The van der Waals surface area contributed by atoms with Crippen LogP contribution in [0, 0.1) is 6.92 Å². The molecule has 0 aromatic heterocycles. The minimum Gasteiger partial charge on any atom is -0.337 e. The molecule has 1 N–H and O–H groups in total. The van der Waals surface area contributed by atoms with E-state index < -0.39 is 10.0 Å². The fourth-order valence-electron chi connectivity index (χ4n) is 5.45. The van der Waals surface area contributed by atoms with Gasteiger partial charge in [0.25, 0.3) is 10.0 Å². The van der Waals surface area contributed by atoms with Crippen LogP contribution in [-0.2, 0) is 22.9 Å². The van der Waals surface area contributed by atoms with Crippen molar-refractivity contribution >= 4 is 15.7 Å². The van der Waals surface area contributed by atoms with E-state index in [0.717, 1.165) is 44.5 Å². The second-order valence-electron chi connectivity index (χ2n) is 8.87. The van der Waals surface area contributed by atoms with E-state index in [2.05, 4.69) is 20.0 Å². The predicted octanol–water partition coefficient (Wildman–Crippen LogP) is 2.45. The van der Waals surface area contributed by atoms with Gasteiger partial charge in [-0.25, -0.2) is 8.42 Å². The van der Waals surface area contributed by atoms with Gasteiger partial charge in [0, 0.05) is 6.42 Å². The second-order valence-corrected chi connectivity index (χ2v) is 10.7. The molecular formula is C23H29N2O2S+. The van der Waals surface area contributed by atoms with E-state index in [1.165, 1.54) is 33.6 Å². The van der Waals surface area contributed by atoms with Crippen molar-refractivity contribution in [1.29, 1.82) is 0 Å². The van der Waals surface area contributed by atoms with Gasteiger partial charge in [-0.1, -0.05) is 23.8 Å². The number of fused-ring (bicyclic) bond motifs is 4. The van der Waals surface area contributed by atoms with Crippen LogP contribution < -0.4 is 9.21 Å². The third-order valence-electron chi connectivity index (χ3n) is 6.90. The summed E-state index contributed by atoms with van der Waals surface area (Å²) >= 11 is 0. The Labute approximate surface area is 168 Å². The van der Waals surface area contributed by atoms with Crippen molar-refractivity contribution in [3.05, 3.63) is 58.7 Å². The van der Waals surface area contributed by atoms with Crippen LogP contribution in [0.15, 0.2) is 41.3 Å². The van der Waals surface area contributed by atoms with Crippen molar-refractivity contribution < 1.29 is 13.3 Å². The number of likely N-dealkylation sites (tertiary alicyclic amines) is 1. The number of piperidine rings is 1. The molecule has 148 valence electrons. The highest BCUT2D eigenvalue weighted by Crippen LogP contribution is 2.46. The van der Waals surface area contributed by atoms with E-state index in [0.29, 0.717) is 4.90 Å². The van der Waals surface area contributed by atoms with Gasteiger partial charge in [0.15, 0.2) is 0 Å². The quantitative estimate of drug-likeness (QED) is 0.846. The van der Waals surface area contributed by atoms with Gasteiger partial charge in [-0.15, -0.1) is 0 Å². The van der Waals surface area contributed by atoms with Crippen LogP contribution in [0.4, 0.5) is 5.69 Å². The molecule has 1 saturated heterocycles. The molecule has 3 atom stereocenters. The normalized spacial score (nSPS) is 26.5. The summed E-state index contributed by atoms with van der Waals surface area (Å²) in [4.78, 5) is 1.95. The Bertz CT molecular complexity index is 1030. The standard InChI is InChI=1S/C23H28N2O2S/c1-16-7-10-22-20(13-16)21-15-24(2)12-11-23(21)25(22)28(26,27)19-9-8-17-5-3-4-6-18(17)14-19/h7-10,13-14,21,23H,3-6,11-12,15H2,1-2H3/p+1/t21-,23+/m1/s1. The Balaban J connectivity index is 1.61. The van der Waals surface area contributed by atoms with Crippen LogP contribution in [0.2, 0.25) is 0 Å². The Morgan fingerprint density at radius 1 is 1.04 bits per heavy atom. The summed E-state index contributed by atoms with van der Waals surface area (Å²) in [5.41, 5.74) is 5.86. The van der Waals surface area contributed by atoms with Gasteiger partial charge in [0.2, 0.25) is 0 Å². The van der Waals surface area contributed by atoms with E-state index in [-0.39, 0.29) is 12.0 Å². The summed E-state index contributed by atoms with van der Waals surface area (Å²) in [5.74, 6) is 0.288. The smallest absolute Gasteiger partial charge is 0.264 e. The molecule has 3 aliphatic rings. The topological polar surface area (TPSA) is 41.8 Å². The zero-order valence-electron chi connectivity index (χ0n) is 16.7. The van der Waals surface area contributed by atoms with Gasteiger partial charge in [-0.2, -0.15) is 0 Å². The third-order valence-corrected chi connectivity index (χ3v) is 8.73. The number of sulfonamides is 1. The molecule has 0 radical (unpaired) electrons. The van der Waals surface area contributed by atoms with Crippen molar-refractivity contribution in [2.24, 2.45) is 0 Å². The van der Waals surface area contributed by atoms with Crippen molar-refractivity contribution in [3.8, 4) is 0 Å². The van der Waals surface area contributed by atoms with Crippen LogP contribution in [0.25, 0.3) is 0 Å². The number of benzene rings is 2. The molecule has 0 bridgehead atoms. The maximum atomic E-state index is 13.8. The first-order valence-electron chi connectivity index (χ1n) is 10.5. The summed E-state index contributed by atoms with van der Waals surface area (Å²) in [6, 6.07) is 12.1. The zero-order chi connectivity index (χ0) is 19.5. The number of anilines is 1. The third kappa shape index (κ3) is 2.79. The number of aryl methyl sites for hydroxylation is 3. The van der Waals surface area contributed by atoms with Crippen molar-refractivity contribution in [2.45, 2.75) is 55.9 Å². The first-order valence-corrected chi connectivity index (χ1v) is 12.0. The summed E-state index contributed by atoms with van der Waals surface area (Å²) in [7, 11) is -1.35. The van der Waals surface area contributed by atoms with Gasteiger partial charge in [-0.3, -0.25) is 4.31 Å². The molecule has 5 heteroatoms. The first-order chi connectivity index (χ1) is 13.4. The number of rotatable bonds is 2. The Kier molecular flexibility index (Phi) is 4.29. The summed E-state index contributed by atoms with van der Waals surface area (Å²) in [5, 5.41) is 0. The lowest BCUT2D eigenvalue weighted by molar-refractivity contribution is -0.886. The van der Waals surface area contributed by atoms with Crippen LogP contribution in [0.1, 0.15) is 47.4 Å². The number of nitrogens with one attached hydrogen (secondary N) is 1. The number of likely N-dealkylation sites (N-methyl/N-ethyl adjacent to an activating group) is 1. The number of hydrogen-bond donors (Lipinski definition) is 1. The first kappa shape index (κ1) is 18.2. The molecule has 1 unspecified atom stereocenters. The minimum absolute atomic E-state index is 0.0431. The van der Waals surface area contributed by atoms with Gasteiger partial charge < -0.3 is 4.90 Å². The van der Waals surface area contributed by atoms with Gasteiger partial charge >= 0.3 is 0 Å². The fraction of sp³-hybridized carbons (Fsp3) is 0.478. The van der Waals surface area contributed by atoms with Crippen LogP contribution in [-0.4, -0.2) is 34.6 Å². The Morgan fingerprint density at radius 2 is 1.82 bits per heavy atom. The molecule has 5 rings (SSSR count). The molecule has 1 fully saturated rings. The van der Waals surface area contributed by atoms with E-state index in [1.54, 1.807) is 4.31 Å². The molecule has 2 aromatic carbocycles. The average molecular weight is 398 g/mol. The number of nitrogens with zero attached hydrogens (tertiary/aromatic N) is 1. The maximum absolute atomic E-state index is 13.8. The Morgan fingerprint density at radius 3 is 2.64 bits per heavy atom. The van der Waals surface area contributed by atoms with Crippen LogP contribution in [0.3, 0.4) is 0 Å². The minimum atomic E-state index is -3.56. The number of quaternary nitrogens is 1. The van der Waals surface area contributed by atoms with Crippen LogP contribution in [0.5, 0.6) is 0 Å². The molecule has 2 aromatic rings. The molecule has 1 aliphatic carbocycles. The molecule has 0 saturated carbocycles. The molecule has 4 nitrogen and oxygen atoms in total. The van der Waals surface area contributed by atoms with Crippen molar-refractivity contribution in [1.82, 2.24) is 0 Å². The molecule has 2 heterocycles. The maximum Gasteiger partial charge on any atom is 0.264 e. The second kappa shape index (κ2) is 6.60. The van der Waals surface area contributed by atoms with Gasteiger partial charge in [0.05, 0.1) is 42.7 Å². The van der Waals surface area contributed by atoms with E-state index in [4.69, 9.17) is 0 Å². The highest BCUT2D eigenvalue weighted by atomic mass is 32.2. The van der Waals surface area contributed by atoms with E-state index in [1.807, 2.05) is 30.3 Å². The van der Waals surface area contributed by atoms with E-state index >= 15 is 0 Å².